The Labute approximate surface area is 195 Å². The fourth-order valence-corrected chi connectivity index (χ4v) is 3.30. The number of halogens is 1. The number of nitrogens with zero attached hydrogens (tertiary/aromatic N) is 2. The second-order valence-electron chi connectivity index (χ2n) is 6.88. The molecule has 1 saturated heterocycles. The molecule has 2 aromatic carbocycles. The monoisotopic (exact) mass is 517 g/mol. The van der Waals surface area contributed by atoms with Gasteiger partial charge in [-0.25, -0.2) is 4.99 Å². The van der Waals surface area contributed by atoms with Gasteiger partial charge in [-0.05, 0) is 43.7 Å². The molecule has 0 saturated carbocycles. The van der Waals surface area contributed by atoms with Crippen LogP contribution in [0.3, 0.4) is 0 Å². The fourth-order valence-electron chi connectivity index (χ4n) is 3.30. The Morgan fingerprint density at radius 1 is 1.23 bits per heavy atom. The lowest BCUT2D eigenvalue weighted by Crippen LogP contribution is -2.45. The van der Waals surface area contributed by atoms with Crippen molar-refractivity contribution in [3.63, 3.8) is 0 Å². The van der Waals surface area contributed by atoms with Gasteiger partial charge in [-0.2, -0.15) is 0 Å². The Morgan fingerprint density at radius 2 is 2.03 bits per heavy atom. The zero-order chi connectivity index (χ0) is 20.5. The number of anilines is 2. The molecular weight excluding hydrogens is 489 g/mol. The van der Waals surface area contributed by atoms with Crippen molar-refractivity contribution in [1.82, 2.24) is 10.6 Å². The largest absolute Gasteiger partial charge is 0.369 e. The van der Waals surface area contributed by atoms with Gasteiger partial charge in [-0.3, -0.25) is 4.79 Å². The van der Waals surface area contributed by atoms with Crippen LogP contribution in [0.5, 0.6) is 0 Å². The number of rotatable bonds is 6. The highest BCUT2D eigenvalue weighted by Gasteiger charge is 2.23. The van der Waals surface area contributed by atoms with Gasteiger partial charge in [-0.15, -0.1) is 30.4 Å². The highest BCUT2D eigenvalue weighted by Crippen LogP contribution is 2.19. The van der Waals surface area contributed by atoms with E-state index in [1.165, 1.54) is 5.69 Å². The Balaban J connectivity index is 0.00000320. The van der Waals surface area contributed by atoms with Crippen LogP contribution in [-0.2, 0) is 4.79 Å². The van der Waals surface area contributed by atoms with E-state index in [2.05, 4.69) is 56.0 Å². The van der Waals surface area contributed by atoms with Crippen LogP contribution in [0.2, 0.25) is 0 Å². The number of benzene rings is 2. The summed E-state index contributed by atoms with van der Waals surface area (Å²) in [7, 11) is 0. The molecule has 1 amide bonds. The van der Waals surface area contributed by atoms with Crippen molar-refractivity contribution in [1.29, 1.82) is 0 Å². The van der Waals surface area contributed by atoms with Crippen molar-refractivity contribution >= 4 is 47.2 Å². The van der Waals surface area contributed by atoms with Gasteiger partial charge in [-0.1, -0.05) is 30.2 Å². The van der Waals surface area contributed by atoms with Crippen LogP contribution in [0.25, 0.3) is 0 Å². The van der Waals surface area contributed by atoms with Gasteiger partial charge < -0.3 is 20.9 Å². The van der Waals surface area contributed by atoms with Crippen LogP contribution in [0.15, 0.2) is 59.6 Å². The van der Waals surface area contributed by atoms with Crippen molar-refractivity contribution in [2.75, 3.05) is 36.4 Å². The Hall–Kier alpha value is -2.73. The first kappa shape index (κ1) is 23.5. The standard InChI is InChI=1S/C23H27N5O.HI/c1-3-18-9-8-10-19(15-18)26-22(29)16-25-23(24-4-2)27-20-13-14-28(17-20)21-11-6-5-7-12-21;/h1,5-12,15,20H,4,13-14,16-17H2,2H3,(H,26,29)(H2,24,25,27);1H. The zero-order valence-electron chi connectivity index (χ0n) is 17.1. The van der Waals surface area contributed by atoms with Crippen LogP contribution >= 0.6 is 24.0 Å². The fraction of sp³-hybridized carbons (Fsp3) is 0.304. The molecule has 1 aliphatic heterocycles. The van der Waals surface area contributed by atoms with Crippen molar-refractivity contribution in [3.05, 3.63) is 60.2 Å². The number of carbonyl (C=O) groups is 1. The summed E-state index contributed by atoms with van der Waals surface area (Å²) in [6, 6.07) is 17.9. The number of terminal acetylenes is 1. The molecule has 0 aliphatic carbocycles. The SMILES string of the molecule is C#Cc1cccc(NC(=O)CN=C(NCC)NC2CCN(c3ccccc3)C2)c1.I. The molecule has 30 heavy (non-hydrogen) atoms. The van der Waals surface area contributed by atoms with Gasteiger partial charge in [0, 0.05) is 42.6 Å². The van der Waals surface area contributed by atoms with E-state index in [1.54, 1.807) is 6.07 Å². The summed E-state index contributed by atoms with van der Waals surface area (Å²) in [5.74, 6) is 3.03. The van der Waals surface area contributed by atoms with Crippen LogP contribution in [0, 0.1) is 12.3 Å². The lowest BCUT2D eigenvalue weighted by Gasteiger charge is -2.20. The summed E-state index contributed by atoms with van der Waals surface area (Å²) >= 11 is 0. The van der Waals surface area contributed by atoms with Crippen molar-refractivity contribution < 1.29 is 4.79 Å². The average Bonchev–Trinajstić information content (AvgIpc) is 3.21. The van der Waals surface area contributed by atoms with E-state index in [1.807, 2.05) is 31.2 Å². The second kappa shape index (κ2) is 12.1. The van der Waals surface area contributed by atoms with Gasteiger partial charge in [0.2, 0.25) is 5.91 Å². The quantitative estimate of drug-likeness (QED) is 0.239. The number of nitrogens with one attached hydrogen (secondary N) is 3. The molecule has 0 aromatic heterocycles. The van der Waals surface area contributed by atoms with E-state index in [9.17, 15) is 4.79 Å². The molecule has 1 aliphatic rings. The number of carbonyl (C=O) groups excluding carboxylic acids is 1. The third-order valence-electron chi connectivity index (χ3n) is 4.69. The first-order valence-electron chi connectivity index (χ1n) is 9.89. The molecule has 0 radical (unpaired) electrons. The van der Waals surface area contributed by atoms with Gasteiger partial charge in [0.05, 0.1) is 0 Å². The number of hydrogen-bond donors (Lipinski definition) is 3. The smallest absolute Gasteiger partial charge is 0.246 e. The van der Waals surface area contributed by atoms with Crippen LogP contribution in [-0.4, -0.2) is 44.1 Å². The van der Waals surface area contributed by atoms with Gasteiger partial charge >= 0.3 is 0 Å². The number of hydrogen-bond acceptors (Lipinski definition) is 3. The molecule has 1 atom stereocenters. The van der Waals surface area contributed by atoms with Crippen LogP contribution < -0.4 is 20.9 Å². The van der Waals surface area contributed by atoms with Crippen molar-refractivity contribution in [3.8, 4) is 12.3 Å². The van der Waals surface area contributed by atoms with E-state index in [-0.39, 0.29) is 42.5 Å². The number of para-hydroxylation sites is 1. The topological polar surface area (TPSA) is 68.8 Å². The number of aliphatic imine (C=N–C) groups is 1. The molecule has 3 N–H and O–H groups in total. The van der Waals surface area contributed by atoms with Crippen LogP contribution in [0.1, 0.15) is 18.9 Å². The second-order valence-corrected chi connectivity index (χ2v) is 6.88. The molecular formula is C23H28IN5O. The van der Waals surface area contributed by atoms with Crippen LogP contribution in [0.4, 0.5) is 11.4 Å². The maximum absolute atomic E-state index is 12.3. The molecule has 1 unspecified atom stereocenters. The molecule has 6 nitrogen and oxygen atoms in total. The minimum absolute atomic E-state index is 0. The maximum atomic E-state index is 12.3. The molecule has 1 heterocycles. The Morgan fingerprint density at radius 3 is 2.77 bits per heavy atom. The van der Waals surface area contributed by atoms with E-state index >= 15 is 0 Å². The summed E-state index contributed by atoms with van der Waals surface area (Å²) in [5, 5.41) is 9.49. The molecule has 158 valence electrons. The van der Waals surface area contributed by atoms with E-state index in [4.69, 9.17) is 6.42 Å². The maximum Gasteiger partial charge on any atom is 0.246 e. The van der Waals surface area contributed by atoms with E-state index < -0.39 is 0 Å². The number of guanidine groups is 1. The van der Waals surface area contributed by atoms with E-state index in [0.717, 1.165) is 31.6 Å². The summed E-state index contributed by atoms with van der Waals surface area (Å²) in [4.78, 5) is 19.1. The number of amides is 1. The summed E-state index contributed by atoms with van der Waals surface area (Å²) in [6.07, 6.45) is 6.42. The lowest BCUT2D eigenvalue weighted by molar-refractivity contribution is -0.114. The minimum Gasteiger partial charge on any atom is -0.369 e. The predicted molar refractivity (Wildman–Crippen MR) is 135 cm³/mol. The highest BCUT2D eigenvalue weighted by molar-refractivity contribution is 14.0. The van der Waals surface area contributed by atoms with Gasteiger partial charge in [0.15, 0.2) is 5.96 Å². The molecule has 2 aromatic rings. The molecule has 1 fully saturated rings. The highest BCUT2D eigenvalue weighted by atomic mass is 127. The third kappa shape index (κ3) is 6.95. The first-order chi connectivity index (χ1) is 14.2. The van der Waals surface area contributed by atoms with E-state index in [0.29, 0.717) is 11.6 Å². The normalized spacial score (nSPS) is 15.7. The average molecular weight is 517 g/mol. The predicted octanol–water partition coefficient (Wildman–Crippen LogP) is 3.06. The van der Waals surface area contributed by atoms with Crippen molar-refractivity contribution in [2.45, 2.75) is 19.4 Å². The molecule has 3 rings (SSSR count). The zero-order valence-corrected chi connectivity index (χ0v) is 19.4. The summed E-state index contributed by atoms with van der Waals surface area (Å²) in [6.45, 7) is 4.66. The molecule has 7 heteroatoms. The summed E-state index contributed by atoms with van der Waals surface area (Å²) in [5.41, 5.74) is 2.63. The van der Waals surface area contributed by atoms with Gasteiger partial charge in [0.25, 0.3) is 0 Å². The van der Waals surface area contributed by atoms with Crippen molar-refractivity contribution in [2.24, 2.45) is 4.99 Å². The molecule has 0 bridgehead atoms. The molecule has 0 spiro atoms. The Bertz CT molecular complexity index is 894. The Kier molecular flexibility index (Phi) is 9.48. The lowest BCUT2D eigenvalue weighted by atomic mass is 10.2. The van der Waals surface area contributed by atoms with Gasteiger partial charge in [0.1, 0.15) is 6.54 Å². The minimum atomic E-state index is -0.186. The third-order valence-corrected chi connectivity index (χ3v) is 4.69. The first-order valence-corrected chi connectivity index (χ1v) is 9.89. The summed E-state index contributed by atoms with van der Waals surface area (Å²) < 4.78 is 0.